The van der Waals surface area contributed by atoms with Crippen molar-refractivity contribution in [1.82, 2.24) is 4.90 Å². The highest BCUT2D eigenvalue weighted by molar-refractivity contribution is 7.80. The summed E-state index contributed by atoms with van der Waals surface area (Å²) in [7, 11) is 0. The summed E-state index contributed by atoms with van der Waals surface area (Å²) in [6.45, 7) is 11.1. The first-order chi connectivity index (χ1) is 11.7. The topological polar surface area (TPSA) is 18.5 Å². The second-order valence-electron chi connectivity index (χ2n) is 6.38. The molecule has 0 bridgehead atoms. The molecule has 0 spiro atoms. The summed E-state index contributed by atoms with van der Waals surface area (Å²) in [5.41, 5.74) is 2.31. The van der Waals surface area contributed by atoms with Crippen molar-refractivity contribution >= 4 is 28.7 Å². The van der Waals surface area contributed by atoms with E-state index < -0.39 is 0 Å². The minimum Gasteiger partial charge on any atom is -0.372 e. The van der Waals surface area contributed by atoms with Crippen LogP contribution >= 0.6 is 12.2 Å². The molecule has 0 atom stereocenters. The van der Waals surface area contributed by atoms with Gasteiger partial charge in [0.15, 0.2) is 5.11 Å². The average Bonchev–Trinajstić information content (AvgIpc) is 2.62. The lowest BCUT2D eigenvalue weighted by Crippen LogP contribution is -2.43. The molecule has 0 radical (unpaired) electrons. The Balaban J connectivity index is 2.01. The molecule has 1 N–H and O–H groups in total. The minimum absolute atomic E-state index is 0.548. The number of hydrogen-bond acceptors (Lipinski definition) is 2. The lowest BCUT2D eigenvalue weighted by molar-refractivity contribution is 0.263. The van der Waals surface area contributed by atoms with Gasteiger partial charge in [0.1, 0.15) is 0 Å². The van der Waals surface area contributed by atoms with E-state index in [4.69, 9.17) is 12.2 Å². The third-order valence-corrected chi connectivity index (χ3v) is 5.19. The maximum Gasteiger partial charge on any atom is 0.173 e. The fourth-order valence-electron chi connectivity index (χ4n) is 3.47. The highest BCUT2D eigenvalue weighted by Gasteiger charge is 2.22. The largest absolute Gasteiger partial charge is 0.372 e. The van der Waals surface area contributed by atoms with Crippen molar-refractivity contribution < 1.29 is 0 Å². The van der Waals surface area contributed by atoms with E-state index >= 15 is 0 Å². The van der Waals surface area contributed by atoms with E-state index in [1.54, 1.807) is 0 Å². The summed E-state index contributed by atoms with van der Waals surface area (Å²) in [6, 6.07) is 9.11. The van der Waals surface area contributed by atoms with Crippen LogP contribution in [0.2, 0.25) is 0 Å². The molecule has 1 aliphatic rings. The highest BCUT2D eigenvalue weighted by Crippen LogP contribution is 2.24. The Kier molecular flexibility index (Phi) is 7.57. The van der Waals surface area contributed by atoms with Crippen molar-refractivity contribution in [3.8, 4) is 0 Å². The summed E-state index contributed by atoms with van der Waals surface area (Å²) in [5, 5.41) is 4.23. The Hall–Kier alpha value is -1.55. The van der Waals surface area contributed by atoms with E-state index in [0.29, 0.717) is 6.04 Å². The lowest BCUT2D eigenvalue weighted by Gasteiger charge is -2.35. The molecule has 0 saturated heterocycles. The van der Waals surface area contributed by atoms with Crippen LogP contribution in [-0.4, -0.2) is 35.7 Å². The predicted octanol–water partition coefficient (Wildman–Crippen LogP) is 5.05. The van der Waals surface area contributed by atoms with Crippen molar-refractivity contribution in [3.05, 3.63) is 36.9 Å². The third kappa shape index (κ3) is 4.97. The SMILES string of the molecule is C=CCN(C(=S)Nc1ccc(N(CC)CC)cc1)C1CCCCC1. The molecule has 0 unspecified atom stereocenters. The predicted molar refractivity (Wildman–Crippen MR) is 110 cm³/mol. The Labute approximate surface area is 152 Å². The summed E-state index contributed by atoms with van der Waals surface area (Å²) in [6.07, 6.45) is 8.38. The molecule has 2 rings (SSSR count). The summed E-state index contributed by atoms with van der Waals surface area (Å²) in [5.74, 6) is 0. The second kappa shape index (κ2) is 9.67. The van der Waals surface area contributed by atoms with Crippen LogP contribution in [0.1, 0.15) is 46.0 Å². The van der Waals surface area contributed by atoms with Gasteiger partial charge in [-0.15, -0.1) is 6.58 Å². The van der Waals surface area contributed by atoms with E-state index in [-0.39, 0.29) is 0 Å². The molecule has 1 saturated carbocycles. The Morgan fingerprint density at radius 3 is 2.33 bits per heavy atom. The number of benzene rings is 1. The third-order valence-electron chi connectivity index (χ3n) is 4.85. The number of thiocarbonyl (C=S) groups is 1. The van der Waals surface area contributed by atoms with Crippen molar-refractivity contribution in [1.29, 1.82) is 0 Å². The summed E-state index contributed by atoms with van der Waals surface area (Å²) < 4.78 is 0. The van der Waals surface area contributed by atoms with Gasteiger partial charge in [0.25, 0.3) is 0 Å². The zero-order chi connectivity index (χ0) is 17.4. The number of nitrogens with zero attached hydrogens (tertiary/aromatic N) is 2. The molecule has 0 amide bonds. The van der Waals surface area contributed by atoms with Crippen LogP contribution in [0.5, 0.6) is 0 Å². The Morgan fingerprint density at radius 1 is 1.17 bits per heavy atom. The van der Waals surface area contributed by atoms with Gasteiger partial charge >= 0.3 is 0 Å². The van der Waals surface area contributed by atoms with Crippen molar-refractivity contribution in [2.24, 2.45) is 0 Å². The van der Waals surface area contributed by atoms with Crippen molar-refractivity contribution in [2.75, 3.05) is 29.9 Å². The molecule has 0 heterocycles. The van der Waals surface area contributed by atoms with Gasteiger partial charge in [-0.2, -0.15) is 0 Å². The monoisotopic (exact) mass is 345 g/mol. The van der Waals surface area contributed by atoms with Crippen LogP contribution in [-0.2, 0) is 0 Å². The molecule has 1 aromatic carbocycles. The van der Waals surface area contributed by atoms with E-state index in [1.165, 1.54) is 37.8 Å². The smallest absolute Gasteiger partial charge is 0.173 e. The summed E-state index contributed by atoms with van der Waals surface area (Å²) in [4.78, 5) is 4.65. The molecule has 1 aromatic rings. The molecule has 132 valence electrons. The van der Waals surface area contributed by atoms with Gasteiger partial charge in [0.05, 0.1) is 0 Å². The van der Waals surface area contributed by atoms with E-state index in [0.717, 1.165) is 30.4 Å². The molecular weight excluding hydrogens is 314 g/mol. The number of hydrogen-bond donors (Lipinski definition) is 1. The molecule has 0 aliphatic heterocycles. The standard InChI is InChI=1S/C20H31N3S/c1-4-16-23(19-10-8-7-9-11-19)20(24)21-17-12-14-18(15-13-17)22(5-2)6-3/h4,12-15,19H,1,5-11,16H2,2-3H3,(H,21,24). The van der Waals surface area contributed by atoms with Crippen molar-refractivity contribution in [3.63, 3.8) is 0 Å². The fraction of sp³-hybridized carbons (Fsp3) is 0.550. The van der Waals surface area contributed by atoms with Gasteiger partial charge in [-0.25, -0.2) is 0 Å². The normalized spacial score (nSPS) is 14.9. The quantitative estimate of drug-likeness (QED) is 0.550. The Morgan fingerprint density at radius 2 is 1.79 bits per heavy atom. The van der Waals surface area contributed by atoms with Crippen LogP contribution in [0.3, 0.4) is 0 Å². The van der Waals surface area contributed by atoms with Gasteiger partial charge in [-0.05, 0) is 63.2 Å². The molecule has 4 heteroatoms. The van der Waals surface area contributed by atoms with Crippen LogP contribution in [0.4, 0.5) is 11.4 Å². The molecule has 0 aromatic heterocycles. The second-order valence-corrected chi connectivity index (χ2v) is 6.77. The van der Waals surface area contributed by atoms with E-state index in [9.17, 15) is 0 Å². The van der Waals surface area contributed by atoms with Gasteiger partial charge in [-0.3, -0.25) is 0 Å². The van der Waals surface area contributed by atoms with E-state index in [1.807, 2.05) is 6.08 Å². The summed E-state index contributed by atoms with van der Waals surface area (Å²) >= 11 is 5.69. The maximum atomic E-state index is 5.69. The van der Waals surface area contributed by atoms with Crippen molar-refractivity contribution in [2.45, 2.75) is 52.0 Å². The minimum atomic E-state index is 0.548. The molecule has 24 heavy (non-hydrogen) atoms. The first-order valence-corrected chi connectivity index (χ1v) is 9.64. The zero-order valence-corrected chi connectivity index (χ0v) is 15.9. The number of anilines is 2. The number of nitrogens with one attached hydrogen (secondary N) is 1. The van der Waals surface area contributed by atoms with Crippen LogP contribution in [0.25, 0.3) is 0 Å². The van der Waals surface area contributed by atoms with Crippen LogP contribution in [0.15, 0.2) is 36.9 Å². The van der Waals surface area contributed by atoms with Gasteiger partial charge < -0.3 is 15.1 Å². The highest BCUT2D eigenvalue weighted by atomic mass is 32.1. The number of rotatable bonds is 7. The van der Waals surface area contributed by atoms with Gasteiger partial charge in [0.2, 0.25) is 0 Å². The van der Waals surface area contributed by atoms with Crippen LogP contribution in [0, 0.1) is 0 Å². The average molecular weight is 346 g/mol. The molecular formula is C20H31N3S. The molecule has 1 aliphatic carbocycles. The molecule has 1 fully saturated rings. The van der Waals surface area contributed by atoms with Gasteiger partial charge in [0, 0.05) is 37.1 Å². The fourth-order valence-corrected chi connectivity index (χ4v) is 3.81. The first kappa shape index (κ1) is 18.8. The van der Waals surface area contributed by atoms with Gasteiger partial charge in [-0.1, -0.05) is 25.3 Å². The zero-order valence-electron chi connectivity index (χ0n) is 15.1. The maximum absolute atomic E-state index is 5.69. The molecule has 3 nitrogen and oxygen atoms in total. The first-order valence-electron chi connectivity index (χ1n) is 9.23. The Bertz CT molecular complexity index is 516. The lowest BCUT2D eigenvalue weighted by atomic mass is 9.94. The van der Waals surface area contributed by atoms with Crippen LogP contribution < -0.4 is 10.2 Å². The van der Waals surface area contributed by atoms with E-state index in [2.05, 4.69) is 59.8 Å².